The van der Waals surface area contributed by atoms with Crippen LogP contribution in [0.2, 0.25) is 5.02 Å². The number of thiophene rings is 1. The molecule has 2 heterocycles. The predicted molar refractivity (Wildman–Crippen MR) is 56.0 cm³/mol. The van der Waals surface area contributed by atoms with Gasteiger partial charge in [0.2, 0.25) is 0 Å². The molecule has 2 rings (SSSR count). The number of nitrogens with zero attached hydrogens (tertiary/aromatic N) is 1. The Balaban J connectivity index is 2.57. The van der Waals surface area contributed by atoms with Crippen molar-refractivity contribution in [2.24, 2.45) is 0 Å². The molecule has 72 valence electrons. The average Bonchev–Trinajstić information content (AvgIpc) is 2.59. The molecule has 0 saturated carbocycles. The summed E-state index contributed by atoms with van der Waals surface area (Å²) in [7, 11) is 1.33. The molecule has 5 heteroatoms. The van der Waals surface area contributed by atoms with Crippen molar-refractivity contribution in [1.29, 1.82) is 0 Å². The van der Waals surface area contributed by atoms with Gasteiger partial charge in [0.15, 0.2) is 0 Å². The van der Waals surface area contributed by atoms with E-state index in [1.807, 2.05) is 0 Å². The minimum Gasteiger partial charge on any atom is -0.464 e. The molecule has 0 saturated heterocycles. The van der Waals surface area contributed by atoms with E-state index in [-0.39, 0.29) is 0 Å². The van der Waals surface area contributed by atoms with E-state index in [0.717, 1.165) is 10.2 Å². The molecule has 2 aromatic heterocycles. The molecule has 3 nitrogen and oxygen atoms in total. The minimum absolute atomic E-state index is 0.304. The highest BCUT2D eigenvalue weighted by molar-refractivity contribution is 7.17. The van der Waals surface area contributed by atoms with Crippen LogP contribution >= 0.6 is 22.9 Å². The number of fused-ring (bicyclic) bond motifs is 1. The summed E-state index contributed by atoms with van der Waals surface area (Å²) in [6.07, 6.45) is 0. The molecule has 0 bridgehead atoms. The van der Waals surface area contributed by atoms with Crippen LogP contribution in [0.1, 0.15) is 10.5 Å². The summed E-state index contributed by atoms with van der Waals surface area (Å²) in [5.74, 6) is -0.434. The van der Waals surface area contributed by atoms with Crippen molar-refractivity contribution in [3.63, 3.8) is 0 Å². The topological polar surface area (TPSA) is 39.2 Å². The monoisotopic (exact) mass is 227 g/mol. The molecule has 2 aromatic rings. The van der Waals surface area contributed by atoms with Gasteiger partial charge in [-0.25, -0.2) is 9.78 Å². The lowest BCUT2D eigenvalue weighted by atomic mass is 10.3. The van der Waals surface area contributed by atoms with Gasteiger partial charge in [-0.1, -0.05) is 11.6 Å². The summed E-state index contributed by atoms with van der Waals surface area (Å²) in [5, 5.41) is 3.32. The molecule has 0 amide bonds. The molecule has 0 atom stereocenters. The smallest absolute Gasteiger partial charge is 0.356 e. The number of aromatic nitrogens is 1. The number of hydrogen-bond donors (Lipinski definition) is 0. The lowest BCUT2D eigenvalue weighted by Gasteiger charge is -1.97. The van der Waals surface area contributed by atoms with Gasteiger partial charge in [-0.2, -0.15) is 0 Å². The normalized spacial score (nSPS) is 10.4. The lowest BCUT2D eigenvalue weighted by Crippen LogP contribution is -2.03. The van der Waals surface area contributed by atoms with Crippen molar-refractivity contribution in [3.8, 4) is 0 Å². The summed E-state index contributed by atoms with van der Waals surface area (Å²) in [5.41, 5.74) is 0.304. The maximum Gasteiger partial charge on any atom is 0.356 e. The van der Waals surface area contributed by atoms with Gasteiger partial charge in [0, 0.05) is 10.8 Å². The molecule has 0 aliphatic heterocycles. The zero-order chi connectivity index (χ0) is 10.1. The third-order valence-corrected chi connectivity index (χ3v) is 3.12. The zero-order valence-corrected chi connectivity index (χ0v) is 8.85. The summed E-state index contributed by atoms with van der Waals surface area (Å²) < 4.78 is 4.56. The van der Waals surface area contributed by atoms with E-state index in [2.05, 4.69) is 9.72 Å². The van der Waals surface area contributed by atoms with Gasteiger partial charge in [-0.05, 0) is 12.1 Å². The molecular formula is C9H6ClNO2S. The number of hydrogen-bond acceptors (Lipinski definition) is 4. The maximum atomic E-state index is 11.2. The lowest BCUT2D eigenvalue weighted by molar-refractivity contribution is 0.0594. The molecule has 0 spiro atoms. The van der Waals surface area contributed by atoms with E-state index in [9.17, 15) is 4.79 Å². The van der Waals surface area contributed by atoms with Crippen LogP contribution in [0.5, 0.6) is 0 Å². The van der Waals surface area contributed by atoms with Crippen LogP contribution < -0.4 is 0 Å². The van der Waals surface area contributed by atoms with Crippen LogP contribution in [0, 0.1) is 0 Å². The second-order valence-corrected chi connectivity index (χ2v) is 3.89. The number of carbonyl (C=O) groups excluding carboxylic acids is 1. The molecule has 14 heavy (non-hydrogen) atoms. The highest BCUT2D eigenvalue weighted by atomic mass is 35.5. The van der Waals surface area contributed by atoms with E-state index in [1.165, 1.54) is 18.4 Å². The molecule has 0 aromatic carbocycles. The van der Waals surface area contributed by atoms with Crippen LogP contribution in [0.15, 0.2) is 17.5 Å². The number of halogens is 1. The fraction of sp³-hybridized carbons (Fsp3) is 0.111. The Morgan fingerprint density at radius 1 is 1.57 bits per heavy atom. The van der Waals surface area contributed by atoms with Crippen molar-refractivity contribution >= 4 is 39.1 Å². The fourth-order valence-corrected chi connectivity index (χ4v) is 2.24. The number of ether oxygens (including phenoxy) is 1. The van der Waals surface area contributed by atoms with E-state index >= 15 is 0 Å². The van der Waals surface area contributed by atoms with Crippen LogP contribution in [-0.2, 0) is 4.74 Å². The van der Waals surface area contributed by atoms with Crippen molar-refractivity contribution in [3.05, 3.63) is 28.2 Å². The summed E-state index contributed by atoms with van der Waals surface area (Å²) in [6.45, 7) is 0. The first-order chi connectivity index (χ1) is 6.72. The van der Waals surface area contributed by atoms with Gasteiger partial charge in [-0.15, -0.1) is 11.3 Å². The van der Waals surface area contributed by atoms with Crippen molar-refractivity contribution in [2.45, 2.75) is 0 Å². The van der Waals surface area contributed by atoms with Gasteiger partial charge in [0.1, 0.15) is 10.5 Å². The van der Waals surface area contributed by atoms with E-state index < -0.39 is 5.97 Å². The summed E-state index contributed by atoms with van der Waals surface area (Å²) in [4.78, 5) is 16.0. The first-order valence-corrected chi connectivity index (χ1v) is 5.10. The molecule has 0 radical (unpaired) electrons. The van der Waals surface area contributed by atoms with Crippen LogP contribution in [0.4, 0.5) is 0 Å². The standard InChI is InChI=1S/C9H6ClNO2S/c1-13-9(12)7-3-2-5-6(10)4-14-8(5)11-7/h2-4H,1H3. The molecule has 0 aliphatic rings. The fourth-order valence-electron chi connectivity index (χ4n) is 1.10. The second kappa shape index (κ2) is 3.55. The Kier molecular flexibility index (Phi) is 2.39. The molecule has 0 fully saturated rings. The van der Waals surface area contributed by atoms with Gasteiger partial charge >= 0.3 is 5.97 Å². The van der Waals surface area contributed by atoms with Crippen molar-refractivity contribution in [1.82, 2.24) is 4.98 Å². The Morgan fingerprint density at radius 2 is 2.36 bits per heavy atom. The third kappa shape index (κ3) is 1.47. The number of carbonyl (C=O) groups is 1. The Labute approximate surface area is 89.3 Å². The van der Waals surface area contributed by atoms with Crippen LogP contribution in [-0.4, -0.2) is 18.1 Å². The third-order valence-electron chi connectivity index (χ3n) is 1.79. The van der Waals surface area contributed by atoms with Crippen LogP contribution in [0.25, 0.3) is 10.2 Å². The van der Waals surface area contributed by atoms with Gasteiger partial charge < -0.3 is 4.74 Å². The van der Waals surface area contributed by atoms with Crippen molar-refractivity contribution < 1.29 is 9.53 Å². The molecular weight excluding hydrogens is 222 g/mol. The first-order valence-electron chi connectivity index (χ1n) is 3.84. The Bertz CT molecular complexity index is 495. The SMILES string of the molecule is COC(=O)c1ccc2c(Cl)csc2n1. The molecule has 0 unspecified atom stereocenters. The van der Waals surface area contributed by atoms with E-state index in [4.69, 9.17) is 11.6 Å². The average molecular weight is 228 g/mol. The second-order valence-electron chi connectivity index (χ2n) is 2.62. The van der Waals surface area contributed by atoms with Gasteiger partial charge in [0.05, 0.1) is 12.1 Å². The zero-order valence-electron chi connectivity index (χ0n) is 7.28. The Hall–Kier alpha value is -1.13. The predicted octanol–water partition coefficient (Wildman–Crippen LogP) is 2.74. The number of rotatable bonds is 1. The number of methoxy groups -OCH3 is 1. The van der Waals surface area contributed by atoms with E-state index in [0.29, 0.717) is 10.7 Å². The Morgan fingerprint density at radius 3 is 3.07 bits per heavy atom. The van der Waals surface area contributed by atoms with Crippen molar-refractivity contribution in [2.75, 3.05) is 7.11 Å². The van der Waals surface area contributed by atoms with Gasteiger partial charge in [-0.3, -0.25) is 0 Å². The number of pyridine rings is 1. The highest BCUT2D eigenvalue weighted by Gasteiger charge is 2.09. The quantitative estimate of drug-likeness (QED) is 0.704. The number of esters is 1. The molecule has 0 N–H and O–H groups in total. The maximum absolute atomic E-state index is 11.2. The van der Waals surface area contributed by atoms with E-state index in [1.54, 1.807) is 17.5 Å². The highest BCUT2D eigenvalue weighted by Crippen LogP contribution is 2.28. The molecule has 0 aliphatic carbocycles. The van der Waals surface area contributed by atoms with Crippen LogP contribution in [0.3, 0.4) is 0 Å². The minimum atomic E-state index is -0.434. The largest absolute Gasteiger partial charge is 0.464 e. The van der Waals surface area contributed by atoms with Gasteiger partial charge in [0.25, 0.3) is 0 Å². The first kappa shape index (κ1) is 9.43. The summed E-state index contributed by atoms with van der Waals surface area (Å²) in [6, 6.07) is 3.38. The summed E-state index contributed by atoms with van der Waals surface area (Å²) >= 11 is 7.30.